The van der Waals surface area contributed by atoms with E-state index in [1.165, 1.54) is 19.3 Å². The molecule has 1 atom stereocenters. The number of unbranched alkanes of at least 4 members (excludes halogenated alkanes) is 3. The summed E-state index contributed by atoms with van der Waals surface area (Å²) in [7, 11) is 0. The lowest BCUT2D eigenvalue weighted by Gasteiger charge is -2.31. The number of ether oxygens (including phenoxy) is 1. The zero-order valence-electron chi connectivity index (χ0n) is 30.0. The Kier molecular flexibility index (Phi) is 15.8. The second-order valence-corrected chi connectivity index (χ2v) is 13.8. The number of rotatable bonds is 18. The van der Waals surface area contributed by atoms with Crippen LogP contribution in [0.1, 0.15) is 90.9 Å². The molecule has 13 heteroatoms. The van der Waals surface area contributed by atoms with Crippen molar-refractivity contribution in [2.24, 2.45) is 5.92 Å². The lowest BCUT2D eigenvalue weighted by Crippen LogP contribution is -2.42. The first kappa shape index (κ1) is 40.0. The Morgan fingerprint density at radius 1 is 0.900 bits per heavy atom. The number of aromatic nitrogens is 2. The van der Waals surface area contributed by atoms with Crippen molar-refractivity contribution in [1.29, 1.82) is 0 Å². The predicted octanol–water partition coefficient (Wildman–Crippen LogP) is 5.53. The third-order valence-electron chi connectivity index (χ3n) is 7.96. The Morgan fingerprint density at radius 2 is 1.62 bits per heavy atom. The van der Waals surface area contributed by atoms with Gasteiger partial charge in [-0.2, -0.15) is 0 Å². The van der Waals surface area contributed by atoms with Crippen molar-refractivity contribution in [1.82, 2.24) is 30.8 Å². The number of nitrogens with zero attached hydrogens (tertiary/aromatic N) is 3. The van der Waals surface area contributed by atoms with Gasteiger partial charge in [0.25, 0.3) is 11.8 Å². The van der Waals surface area contributed by atoms with Crippen LogP contribution in [0.15, 0.2) is 48.5 Å². The largest absolute Gasteiger partial charge is 0.444 e. The monoisotopic (exact) mass is 708 g/mol. The van der Waals surface area contributed by atoms with Crippen LogP contribution in [-0.2, 0) is 17.7 Å². The molecule has 1 heterocycles. The van der Waals surface area contributed by atoms with E-state index in [2.05, 4.69) is 32.8 Å². The van der Waals surface area contributed by atoms with Crippen LogP contribution in [0.5, 0.6) is 0 Å². The van der Waals surface area contributed by atoms with Gasteiger partial charge in [-0.25, -0.2) is 14.8 Å². The van der Waals surface area contributed by atoms with Crippen molar-refractivity contribution in [3.8, 4) is 0 Å². The Balaban J connectivity index is 1.74. The predicted molar refractivity (Wildman–Crippen MR) is 199 cm³/mol. The molecule has 0 saturated carbocycles. The molecule has 12 nitrogen and oxygen atoms in total. The van der Waals surface area contributed by atoms with Gasteiger partial charge in [-0.15, -0.1) is 0 Å². The van der Waals surface area contributed by atoms with Gasteiger partial charge in [0, 0.05) is 38.3 Å². The van der Waals surface area contributed by atoms with E-state index in [9.17, 15) is 14.4 Å². The number of carbonyl (C=O) groups excluding carboxylic acids is 3. The molecule has 7 N–H and O–H groups in total. The summed E-state index contributed by atoms with van der Waals surface area (Å²) in [5.41, 5.74) is 14.3. The molecule has 0 aliphatic heterocycles. The Labute approximate surface area is 301 Å². The van der Waals surface area contributed by atoms with Crippen LogP contribution in [0.2, 0.25) is 5.15 Å². The van der Waals surface area contributed by atoms with Crippen LogP contribution in [0.25, 0.3) is 0 Å². The van der Waals surface area contributed by atoms with E-state index in [0.29, 0.717) is 25.1 Å². The summed E-state index contributed by atoms with van der Waals surface area (Å²) in [5.74, 6) is -1.17. The molecule has 272 valence electrons. The summed E-state index contributed by atoms with van der Waals surface area (Å²) in [6.07, 6.45) is 4.85. The standard InChI is InChI=1S/C37H53ClN8O4/c1-6-7-8-11-18-41-19-20-42-34(47)28-16-14-26(15-17-28)23-46(36(49)50-37(3,4)5)24-27(21-29-13-10-9-12-25(29)2)22-43-35(48)30-32(39)45-33(40)31(38)44-30/h9-10,12-17,27,41H,6-8,11,18-24H2,1-5H3,(H,42,47)(H,43,48)(H4,39,40,45)/t27-/m1/s1. The van der Waals surface area contributed by atoms with Gasteiger partial charge in [0.2, 0.25) is 0 Å². The summed E-state index contributed by atoms with van der Waals surface area (Å²) in [5, 5.41) is 9.09. The van der Waals surface area contributed by atoms with Crippen molar-refractivity contribution in [2.75, 3.05) is 44.2 Å². The molecule has 0 bridgehead atoms. The molecule has 3 rings (SSSR count). The van der Waals surface area contributed by atoms with Crippen molar-refractivity contribution in [3.05, 3.63) is 81.6 Å². The normalized spacial score (nSPS) is 11.9. The number of nitrogen functional groups attached to an aromatic ring is 2. The minimum atomic E-state index is -0.730. The fourth-order valence-electron chi connectivity index (χ4n) is 5.27. The Hall–Kier alpha value is -4.42. The first-order valence-electron chi connectivity index (χ1n) is 17.2. The summed E-state index contributed by atoms with van der Waals surface area (Å²) in [6, 6.07) is 15.1. The third-order valence-corrected chi connectivity index (χ3v) is 8.23. The van der Waals surface area contributed by atoms with E-state index in [-0.39, 0.29) is 53.9 Å². The SMILES string of the molecule is CCCCCCNCCNC(=O)c1ccc(CN(C[C@@H](CNC(=O)c2nc(Cl)c(N)nc2N)Cc2ccccc2C)C(=O)OC(C)(C)C)cc1. The fraction of sp³-hybridized carbons (Fsp3) is 0.486. The molecule has 50 heavy (non-hydrogen) atoms. The maximum absolute atomic E-state index is 13.6. The molecule has 0 saturated heterocycles. The van der Waals surface area contributed by atoms with Gasteiger partial charge in [0.05, 0.1) is 0 Å². The van der Waals surface area contributed by atoms with Crippen molar-refractivity contribution in [2.45, 2.75) is 78.9 Å². The van der Waals surface area contributed by atoms with Crippen LogP contribution in [0.3, 0.4) is 0 Å². The summed E-state index contributed by atoms with van der Waals surface area (Å²) in [6.45, 7) is 12.5. The number of benzene rings is 2. The molecular formula is C37H53ClN8O4. The van der Waals surface area contributed by atoms with Gasteiger partial charge in [-0.3, -0.25) is 9.59 Å². The van der Waals surface area contributed by atoms with Crippen LogP contribution in [-0.4, -0.2) is 71.1 Å². The van der Waals surface area contributed by atoms with Crippen LogP contribution in [0.4, 0.5) is 16.4 Å². The zero-order chi connectivity index (χ0) is 36.7. The first-order chi connectivity index (χ1) is 23.8. The van der Waals surface area contributed by atoms with Crippen molar-refractivity contribution < 1.29 is 19.1 Å². The third kappa shape index (κ3) is 13.5. The average molecular weight is 709 g/mol. The van der Waals surface area contributed by atoms with E-state index in [4.69, 9.17) is 27.8 Å². The van der Waals surface area contributed by atoms with E-state index in [1.807, 2.05) is 64.1 Å². The lowest BCUT2D eigenvalue weighted by atomic mass is 9.95. The number of aryl methyl sites for hydroxylation is 1. The topological polar surface area (TPSA) is 178 Å². The minimum absolute atomic E-state index is 0.0689. The number of nitrogens with one attached hydrogen (secondary N) is 3. The molecule has 0 unspecified atom stereocenters. The number of nitrogens with two attached hydrogens (primary N) is 2. The van der Waals surface area contributed by atoms with Gasteiger partial charge in [0.15, 0.2) is 22.5 Å². The van der Waals surface area contributed by atoms with Crippen LogP contribution >= 0.6 is 11.6 Å². The number of halogens is 1. The van der Waals surface area contributed by atoms with Crippen LogP contribution in [0, 0.1) is 12.8 Å². The summed E-state index contributed by atoms with van der Waals surface area (Å²) < 4.78 is 5.80. The van der Waals surface area contributed by atoms with Gasteiger partial charge < -0.3 is 37.1 Å². The molecule has 0 aliphatic rings. The van der Waals surface area contributed by atoms with E-state index in [0.717, 1.165) is 29.7 Å². The van der Waals surface area contributed by atoms with Crippen LogP contribution < -0.4 is 27.4 Å². The van der Waals surface area contributed by atoms with Crippen molar-refractivity contribution >= 4 is 41.1 Å². The number of anilines is 2. The minimum Gasteiger partial charge on any atom is -0.444 e. The zero-order valence-corrected chi connectivity index (χ0v) is 30.7. The first-order valence-corrected chi connectivity index (χ1v) is 17.6. The van der Waals surface area contributed by atoms with Gasteiger partial charge in [-0.1, -0.05) is 74.2 Å². The van der Waals surface area contributed by atoms with Gasteiger partial charge in [0.1, 0.15) is 5.60 Å². The Bertz CT molecular complexity index is 1560. The highest BCUT2D eigenvalue weighted by Crippen LogP contribution is 2.20. The molecule has 1 aromatic heterocycles. The second-order valence-electron chi connectivity index (χ2n) is 13.5. The van der Waals surface area contributed by atoms with E-state index >= 15 is 0 Å². The summed E-state index contributed by atoms with van der Waals surface area (Å²) in [4.78, 5) is 49.1. The number of hydrogen-bond donors (Lipinski definition) is 5. The maximum atomic E-state index is 13.6. The average Bonchev–Trinajstić information content (AvgIpc) is 3.06. The summed E-state index contributed by atoms with van der Waals surface area (Å²) >= 11 is 6.01. The van der Waals surface area contributed by atoms with E-state index in [1.54, 1.807) is 17.0 Å². The second kappa shape index (κ2) is 19.7. The van der Waals surface area contributed by atoms with Crippen molar-refractivity contribution in [3.63, 3.8) is 0 Å². The highest BCUT2D eigenvalue weighted by atomic mass is 35.5. The maximum Gasteiger partial charge on any atom is 0.410 e. The highest BCUT2D eigenvalue weighted by molar-refractivity contribution is 6.31. The van der Waals surface area contributed by atoms with Gasteiger partial charge in [-0.05, 0) is 81.8 Å². The molecule has 0 aliphatic carbocycles. The fourth-order valence-corrected chi connectivity index (χ4v) is 5.40. The molecule has 2 aromatic carbocycles. The Morgan fingerprint density at radius 3 is 2.30 bits per heavy atom. The number of hydrogen-bond acceptors (Lipinski definition) is 9. The molecule has 0 radical (unpaired) electrons. The molecule has 0 spiro atoms. The molecular weight excluding hydrogens is 656 g/mol. The molecule has 3 aromatic rings. The van der Waals surface area contributed by atoms with Gasteiger partial charge >= 0.3 is 6.09 Å². The number of amides is 3. The van der Waals surface area contributed by atoms with E-state index < -0.39 is 17.6 Å². The quantitative estimate of drug-likeness (QED) is 0.106. The molecule has 3 amide bonds. The number of carbonyl (C=O) groups is 3. The molecule has 0 fully saturated rings. The lowest BCUT2D eigenvalue weighted by molar-refractivity contribution is 0.0202. The smallest absolute Gasteiger partial charge is 0.410 e. The highest BCUT2D eigenvalue weighted by Gasteiger charge is 2.27.